The normalized spacial score (nSPS) is 10.7. The van der Waals surface area contributed by atoms with E-state index in [0.29, 0.717) is 18.0 Å². The van der Waals surface area contributed by atoms with E-state index in [4.69, 9.17) is 9.47 Å². The van der Waals surface area contributed by atoms with Crippen LogP contribution in [-0.4, -0.2) is 31.1 Å². The van der Waals surface area contributed by atoms with E-state index < -0.39 is 0 Å². The molecule has 0 saturated carbocycles. The van der Waals surface area contributed by atoms with Gasteiger partial charge in [0.2, 0.25) is 0 Å². The molecule has 0 amide bonds. The van der Waals surface area contributed by atoms with Gasteiger partial charge in [-0.05, 0) is 48.9 Å². The monoisotopic (exact) mass is 532 g/mol. The predicted molar refractivity (Wildman–Crippen MR) is 136 cm³/mol. The third kappa shape index (κ3) is 8.09. The number of methoxy groups -OCH3 is 1. The highest BCUT2D eigenvalue weighted by atomic mass is 127. The topological polar surface area (TPSA) is 67.8 Å². The van der Waals surface area contributed by atoms with Crippen molar-refractivity contribution in [2.45, 2.75) is 19.9 Å². The number of pyridine rings is 1. The summed E-state index contributed by atoms with van der Waals surface area (Å²) in [6.45, 7) is 4.21. The third-order valence-corrected chi connectivity index (χ3v) is 4.38. The summed E-state index contributed by atoms with van der Waals surface area (Å²) in [6, 6.07) is 21.5. The van der Waals surface area contributed by atoms with Gasteiger partial charge in [0.1, 0.15) is 5.75 Å². The predicted octanol–water partition coefficient (Wildman–Crippen LogP) is 4.80. The molecule has 164 valence electrons. The lowest BCUT2D eigenvalue weighted by Gasteiger charge is -2.12. The first kappa shape index (κ1) is 24.5. The molecular formula is C24H29IN4O2. The molecule has 0 aliphatic rings. The average molecular weight is 532 g/mol. The van der Waals surface area contributed by atoms with E-state index in [1.54, 1.807) is 7.11 Å². The highest BCUT2D eigenvalue weighted by Gasteiger charge is 2.04. The second kappa shape index (κ2) is 13.5. The van der Waals surface area contributed by atoms with Crippen LogP contribution in [0.2, 0.25) is 0 Å². The number of guanidine groups is 1. The summed E-state index contributed by atoms with van der Waals surface area (Å²) < 4.78 is 11.3. The molecule has 7 heteroatoms. The standard InChI is InChI=1S/C24H28N4O2.HI/c1-3-25-24(27-17-15-20-8-6-7-16-26-20)28-18-19-11-13-21(14-12-19)30-23-10-5-4-9-22(23)29-2;/h4-14,16H,3,15,17-18H2,1-2H3,(H2,25,27,28);1H. The van der Waals surface area contributed by atoms with Gasteiger partial charge >= 0.3 is 0 Å². The van der Waals surface area contributed by atoms with Crippen LogP contribution in [-0.2, 0) is 13.0 Å². The van der Waals surface area contributed by atoms with Gasteiger partial charge in [0.25, 0.3) is 0 Å². The lowest BCUT2D eigenvalue weighted by atomic mass is 10.2. The van der Waals surface area contributed by atoms with Gasteiger partial charge in [-0.3, -0.25) is 4.98 Å². The van der Waals surface area contributed by atoms with Crippen LogP contribution in [0.4, 0.5) is 0 Å². The van der Waals surface area contributed by atoms with E-state index in [-0.39, 0.29) is 24.0 Å². The van der Waals surface area contributed by atoms with Crippen molar-refractivity contribution in [3.05, 3.63) is 84.2 Å². The van der Waals surface area contributed by atoms with Crippen LogP contribution >= 0.6 is 24.0 Å². The Balaban J connectivity index is 0.00000341. The molecule has 0 fully saturated rings. The van der Waals surface area contributed by atoms with Crippen molar-refractivity contribution >= 4 is 29.9 Å². The Morgan fingerprint density at radius 2 is 1.68 bits per heavy atom. The molecule has 0 radical (unpaired) electrons. The summed E-state index contributed by atoms with van der Waals surface area (Å²) in [5.41, 5.74) is 2.16. The highest BCUT2D eigenvalue weighted by molar-refractivity contribution is 14.0. The minimum absolute atomic E-state index is 0. The molecule has 3 rings (SSSR count). The minimum Gasteiger partial charge on any atom is -0.493 e. The van der Waals surface area contributed by atoms with Gasteiger partial charge in [0, 0.05) is 31.4 Å². The molecule has 3 aromatic rings. The molecule has 6 nitrogen and oxygen atoms in total. The Bertz CT molecular complexity index is 934. The quantitative estimate of drug-likeness (QED) is 0.236. The van der Waals surface area contributed by atoms with E-state index in [0.717, 1.165) is 42.5 Å². The summed E-state index contributed by atoms with van der Waals surface area (Å²) in [5.74, 6) is 2.95. The van der Waals surface area contributed by atoms with Gasteiger partial charge in [-0.25, -0.2) is 4.99 Å². The number of halogens is 1. The first-order chi connectivity index (χ1) is 14.8. The van der Waals surface area contributed by atoms with Crippen LogP contribution < -0.4 is 20.1 Å². The molecule has 2 aromatic carbocycles. The fourth-order valence-corrected chi connectivity index (χ4v) is 2.86. The highest BCUT2D eigenvalue weighted by Crippen LogP contribution is 2.30. The van der Waals surface area contributed by atoms with Gasteiger partial charge in [-0.1, -0.05) is 30.3 Å². The number of ether oxygens (including phenoxy) is 2. The van der Waals surface area contributed by atoms with Crippen LogP contribution in [0, 0.1) is 0 Å². The lowest BCUT2D eigenvalue weighted by Crippen LogP contribution is -2.38. The fraction of sp³-hybridized carbons (Fsp3) is 0.250. The number of aliphatic imine (C=N–C) groups is 1. The zero-order chi connectivity index (χ0) is 21.0. The summed E-state index contributed by atoms with van der Waals surface area (Å²) in [7, 11) is 1.63. The molecular weight excluding hydrogens is 503 g/mol. The summed E-state index contributed by atoms with van der Waals surface area (Å²) in [6.07, 6.45) is 2.66. The van der Waals surface area contributed by atoms with Crippen LogP contribution in [0.25, 0.3) is 0 Å². The van der Waals surface area contributed by atoms with E-state index in [1.165, 1.54) is 0 Å². The fourth-order valence-electron chi connectivity index (χ4n) is 2.86. The summed E-state index contributed by atoms with van der Waals surface area (Å²) >= 11 is 0. The SMILES string of the molecule is CCNC(=NCc1ccc(Oc2ccccc2OC)cc1)NCCc1ccccn1.I. The first-order valence-electron chi connectivity index (χ1n) is 10.1. The van der Waals surface area contributed by atoms with Crippen LogP contribution in [0.5, 0.6) is 17.2 Å². The molecule has 0 aliphatic carbocycles. The van der Waals surface area contributed by atoms with E-state index >= 15 is 0 Å². The second-order valence-corrected chi connectivity index (χ2v) is 6.59. The number of para-hydroxylation sites is 2. The Kier molecular flexibility index (Phi) is 10.6. The maximum atomic E-state index is 5.92. The van der Waals surface area contributed by atoms with Crippen LogP contribution in [0.15, 0.2) is 77.9 Å². The van der Waals surface area contributed by atoms with Gasteiger partial charge in [0.05, 0.1) is 13.7 Å². The van der Waals surface area contributed by atoms with Crippen molar-refractivity contribution in [1.82, 2.24) is 15.6 Å². The molecule has 0 bridgehead atoms. The molecule has 0 saturated heterocycles. The maximum Gasteiger partial charge on any atom is 0.191 e. The Morgan fingerprint density at radius 1 is 0.935 bits per heavy atom. The van der Waals surface area contributed by atoms with E-state index in [9.17, 15) is 0 Å². The van der Waals surface area contributed by atoms with Crippen LogP contribution in [0.3, 0.4) is 0 Å². The maximum absolute atomic E-state index is 5.92. The molecule has 31 heavy (non-hydrogen) atoms. The zero-order valence-corrected chi connectivity index (χ0v) is 20.2. The molecule has 0 unspecified atom stereocenters. The summed E-state index contributed by atoms with van der Waals surface area (Å²) in [4.78, 5) is 9.01. The number of rotatable bonds is 9. The first-order valence-corrected chi connectivity index (χ1v) is 10.1. The van der Waals surface area contributed by atoms with Crippen molar-refractivity contribution in [2.24, 2.45) is 4.99 Å². The molecule has 0 aliphatic heterocycles. The average Bonchev–Trinajstić information content (AvgIpc) is 2.79. The molecule has 1 aromatic heterocycles. The van der Waals surface area contributed by atoms with Crippen molar-refractivity contribution in [2.75, 3.05) is 20.2 Å². The zero-order valence-electron chi connectivity index (χ0n) is 17.9. The molecule has 0 atom stereocenters. The lowest BCUT2D eigenvalue weighted by molar-refractivity contribution is 0.379. The number of aromatic nitrogens is 1. The van der Waals surface area contributed by atoms with E-state index in [1.807, 2.05) is 72.9 Å². The Morgan fingerprint density at radius 3 is 2.35 bits per heavy atom. The van der Waals surface area contributed by atoms with Gasteiger partial charge in [-0.2, -0.15) is 0 Å². The van der Waals surface area contributed by atoms with Gasteiger partial charge < -0.3 is 20.1 Å². The molecule has 1 heterocycles. The van der Waals surface area contributed by atoms with Crippen molar-refractivity contribution in [1.29, 1.82) is 0 Å². The number of nitrogens with zero attached hydrogens (tertiary/aromatic N) is 2. The van der Waals surface area contributed by atoms with Crippen molar-refractivity contribution in [3.63, 3.8) is 0 Å². The third-order valence-electron chi connectivity index (χ3n) is 4.38. The van der Waals surface area contributed by atoms with Crippen molar-refractivity contribution in [3.8, 4) is 17.2 Å². The van der Waals surface area contributed by atoms with Crippen molar-refractivity contribution < 1.29 is 9.47 Å². The van der Waals surface area contributed by atoms with Gasteiger partial charge in [-0.15, -0.1) is 24.0 Å². The smallest absolute Gasteiger partial charge is 0.191 e. The van der Waals surface area contributed by atoms with Crippen LogP contribution in [0.1, 0.15) is 18.2 Å². The largest absolute Gasteiger partial charge is 0.493 e. The second-order valence-electron chi connectivity index (χ2n) is 6.59. The molecule has 2 N–H and O–H groups in total. The number of hydrogen-bond acceptors (Lipinski definition) is 4. The number of hydrogen-bond donors (Lipinski definition) is 2. The Hall–Kier alpha value is -2.81. The molecule has 0 spiro atoms. The van der Waals surface area contributed by atoms with E-state index in [2.05, 4.69) is 27.5 Å². The summed E-state index contributed by atoms with van der Waals surface area (Å²) in [5, 5.41) is 6.63. The number of benzene rings is 2. The Labute approximate surface area is 201 Å². The number of nitrogens with one attached hydrogen (secondary N) is 2. The van der Waals surface area contributed by atoms with Gasteiger partial charge in [0.15, 0.2) is 17.5 Å². The minimum atomic E-state index is 0.